The minimum absolute atomic E-state index is 0.207. The van der Waals surface area contributed by atoms with Gasteiger partial charge >= 0.3 is 0 Å². The minimum atomic E-state index is -0.349. The molecule has 0 spiro atoms. The first kappa shape index (κ1) is 12.6. The van der Waals surface area contributed by atoms with Gasteiger partial charge in [-0.1, -0.05) is 22.6 Å². The number of likely N-dealkylation sites (N-methyl/N-ethyl adjacent to an activating group) is 1. The fourth-order valence-corrected chi connectivity index (χ4v) is 3.31. The molecule has 0 bridgehead atoms. The third-order valence-corrected chi connectivity index (χ3v) is 5.96. The summed E-state index contributed by atoms with van der Waals surface area (Å²) >= 11 is 4.63. The molecule has 1 heterocycles. The molecule has 16 heavy (non-hydrogen) atoms. The van der Waals surface area contributed by atoms with Crippen LogP contribution in [0.25, 0.3) is 0 Å². The molecule has 1 aromatic rings. The number of hydrogen-bond acceptors (Lipinski definition) is 1. The Morgan fingerprint density at radius 1 is 1.44 bits per heavy atom. The average molecular weight is 441 g/mol. The van der Waals surface area contributed by atoms with Crippen LogP contribution in [0, 0.1) is 10.5 Å². The number of aryl methyl sites for hydroxylation is 1. The van der Waals surface area contributed by atoms with E-state index in [-0.39, 0.29) is 11.3 Å². The zero-order valence-corrected chi connectivity index (χ0v) is 13.8. The molecule has 2 rings (SSSR count). The molecule has 1 unspecified atom stereocenters. The molecular weight excluding hydrogens is 428 g/mol. The van der Waals surface area contributed by atoms with Gasteiger partial charge in [0, 0.05) is 20.7 Å². The molecule has 1 aliphatic rings. The van der Waals surface area contributed by atoms with Crippen LogP contribution in [-0.2, 0) is 10.2 Å². The molecule has 0 N–H and O–H groups in total. The fraction of sp³-hybridized carbons (Fsp3) is 0.417. The molecule has 0 fully saturated rings. The Morgan fingerprint density at radius 3 is 2.62 bits per heavy atom. The molecule has 0 aromatic heterocycles. The van der Waals surface area contributed by atoms with Crippen molar-refractivity contribution in [3.05, 3.63) is 26.8 Å². The number of hydrogen-bond donors (Lipinski definition) is 0. The van der Waals surface area contributed by atoms with E-state index in [0.29, 0.717) is 0 Å². The summed E-state index contributed by atoms with van der Waals surface area (Å²) in [6.45, 7) is 4.12. The van der Waals surface area contributed by atoms with Crippen LogP contribution < -0.4 is 4.90 Å². The molecule has 86 valence electrons. The summed E-state index contributed by atoms with van der Waals surface area (Å²) in [5.41, 5.74) is 3.13. The van der Waals surface area contributed by atoms with E-state index in [1.165, 1.54) is 14.7 Å². The van der Waals surface area contributed by atoms with Gasteiger partial charge in [-0.3, -0.25) is 4.79 Å². The SMILES string of the molecule is Cc1cc2c(cc1I)C(C)(CI)C(=O)N2C. The van der Waals surface area contributed by atoms with Crippen LogP contribution in [0.4, 0.5) is 5.69 Å². The Labute approximate surface area is 123 Å². The highest BCUT2D eigenvalue weighted by Gasteiger charge is 2.45. The molecule has 4 heteroatoms. The Bertz CT molecular complexity index is 472. The van der Waals surface area contributed by atoms with Crippen molar-refractivity contribution in [2.75, 3.05) is 16.4 Å². The first-order chi connectivity index (χ1) is 7.41. The first-order valence-corrected chi connectivity index (χ1v) is 7.67. The molecule has 2 nitrogen and oxygen atoms in total. The summed E-state index contributed by atoms with van der Waals surface area (Å²) in [7, 11) is 1.87. The van der Waals surface area contributed by atoms with E-state index < -0.39 is 0 Å². The van der Waals surface area contributed by atoms with Gasteiger partial charge in [0.05, 0.1) is 5.41 Å². The highest BCUT2D eigenvalue weighted by Crippen LogP contribution is 2.43. The Balaban J connectivity index is 2.71. The lowest BCUT2D eigenvalue weighted by atomic mass is 9.86. The van der Waals surface area contributed by atoms with E-state index in [1.54, 1.807) is 4.90 Å². The van der Waals surface area contributed by atoms with Gasteiger partial charge in [0.2, 0.25) is 5.91 Å². The summed E-state index contributed by atoms with van der Waals surface area (Å²) in [4.78, 5) is 14.0. The molecule has 1 amide bonds. The van der Waals surface area contributed by atoms with Gasteiger partial charge in [-0.05, 0) is 59.7 Å². The van der Waals surface area contributed by atoms with Crippen molar-refractivity contribution in [3.8, 4) is 0 Å². The number of fused-ring (bicyclic) bond motifs is 1. The topological polar surface area (TPSA) is 20.3 Å². The summed E-state index contributed by atoms with van der Waals surface area (Å²) < 4.78 is 2.05. The van der Waals surface area contributed by atoms with Crippen molar-refractivity contribution in [3.63, 3.8) is 0 Å². The van der Waals surface area contributed by atoms with E-state index in [9.17, 15) is 4.79 Å². The average Bonchev–Trinajstić information content (AvgIpc) is 2.44. The smallest absolute Gasteiger partial charge is 0.237 e. The third-order valence-electron chi connectivity index (χ3n) is 3.28. The predicted molar refractivity (Wildman–Crippen MR) is 83.5 cm³/mol. The molecule has 0 aliphatic carbocycles. The van der Waals surface area contributed by atoms with E-state index in [0.717, 1.165) is 10.1 Å². The zero-order chi connectivity index (χ0) is 12.1. The van der Waals surface area contributed by atoms with Crippen molar-refractivity contribution in [2.45, 2.75) is 19.3 Å². The lowest BCUT2D eigenvalue weighted by Crippen LogP contribution is -2.37. The van der Waals surface area contributed by atoms with E-state index in [2.05, 4.69) is 64.2 Å². The van der Waals surface area contributed by atoms with Crippen LogP contribution >= 0.6 is 45.2 Å². The second kappa shape index (κ2) is 4.12. The van der Waals surface area contributed by atoms with Gasteiger partial charge in [0.15, 0.2) is 0 Å². The monoisotopic (exact) mass is 441 g/mol. The number of alkyl halides is 1. The third kappa shape index (κ3) is 1.60. The van der Waals surface area contributed by atoms with Crippen molar-refractivity contribution in [1.82, 2.24) is 0 Å². The number of halogens is 2. The van der Waals surface area contributed by atoms with Gasteiger partial charge < -0.3 is 4.90 Å². The number of benzene rings is 1. The quantitative estimate of drug-likeness (QED) is 0.484. The van der Waals surface area contributed by atoms with Gasteiger partial charge in [-0.15, -0.1) is 0 Å². The fourth-order valence-electron chi connectivity index (χ4n) is 2.11. The molecule has 1 aromatic carbocycles. The van der Waals surface area contributed by atoms with E-state index >= 15 is 0 Å². The maximum atomic E-state index is 12.3. The first-order valence-electron chi connectivity index (χ1n) is 5.06. The van der Waals surface area contributed by atoms with Crippen molar-refractivity contribution in [2.24, 2.45) is 0 Å². The van der Waals surface area contributed by atoms with E-state index in [1.807, 2.05) is 14.0 Å². The van der Waals surface area contributed by atoms with Crippen LogP contribution in [-0.4, -0.2) is 17.4 Å². The summed E-state index contributed by atoms with van der Waals surface area (Å²) in [5, 5.41) is 0. The Hall–Kier alpha value is 0.150. The highest BCUT2D eigenvalue weighted by atomic mass is 127. The standard InChI is InChI=1S/C12H13I2NO/c1-7-4-10-8(5-9(7)14)12(2,6-13)11(16)15(10)3/h4-5H,6H2,1-3H3. The lowest BCUT2D eigenvalue weighted by molar-refractivity contribution is -0.121. The van der Waals surface area contributed by atoms with Crippen LogP contribution in [0.15, 0.2) is 12.1 Å². The number of anilines is 1. The van der Waals surface area contributed by atoms with Crippen LogP contribution in [0.1, 0.15) is 18.1 Å². The van der Waals surface area contributed by atoms with Crippen LogP contribution in [0.5, 0.6) is 0 Å². The van der Waals surface area contributed by atoms with Gasteiger partial charge in [0.25, 0.3) is 0 Å². The second-order valence-electron chi connectivity index (χ2n) is 4.45. The predicted octanol–water partition coefficient (Wildman–Crippen LogP) is 3.27. The Kier molecular flexibility index (Phi) is 3.24. The lowest BCUT2D eigenvalue weighted by Gasteiger charge is -2.20. The molecular formula is C12H13I2NO. The van der Waals surface area contributed by atoms with Crippen molar-refractivity contribution < 1.29 is 4.79 Å². The summed E-state index contributed by atoms with van der Waals surface area (Å²) in [6, 6.07) is 4.28. The number of nitrogens with zero attached hydrogens (tertiary/aromatic N) is 1. The van der Waals surface area contributed by atoms with E-state index in [4.69, 9.17) is 0 Å². The van der Waals surface area contributed by atoms with Crippen LogP contribution in [0.2, 0.25) is 0 Å². The molecule has 1 aliphatic heterocycles. The van der Waals surface area contributed by atoms with Crippen molar-refractivity contribution >= 4 is 56.8 Å². The van der Waals surface area contributed by atoms with Gasteiger partial charge in [-0.25, -0.2) is 0 Å². The second-order valence-corrected chi connectivity index (χ2v) is 6.37. The zero-order valence-electron chi connectivity index (χ0n) is 9.47. The summed E-state index contributed by atoms with van der Waals surface area (Å²) in [6.07, 6.45) is 0. The normalized spacial score (nSPS) is 23.8. The maximum absolute atomic E-state index is 12.3. The van der Waals surface area contributed by atoms with Crippen molar-refractivity contribution in [1.29, 1.82) is 0 Å². The summed E-state index contributed by atoms with van der Waals surface area (Å²) in [5.74, 6) is 0.207. The van der Waals surface area contributed by atoms with Gasteiger partial charge in [0.1, 0.15) is 0 Å². The van der Waals surface area contributed by atoms with Crippen LogP contribution in [0.3, 0.4) is 0 Å². The Morgan fingerprint density at radius 2 is 2.06 bits per heavy atom. The maximum Gasteiger partial charge on any atom is 0.237 e. The number of rotatable bonds is 1. The van der Waals surface area contributed by atoms with Gasteiger partial charge in [-0.2, -0.15) is 0 Å². The largest absolute Gasteiger partial charge is 0.314 e. The number of carbonyl (C=O) groups is 1. The highest BCUT2D eigenvalue weighted by molar-refractivity contribution is 14.1. The molecule has 0 saturated heterocycles. The molecule has 1 atom stereocenters. The number of carbonyl (C=O) groups excluding carboxylic acids is 1. The minimum Gasteiger partial charge on any atom is -0.314 e. The number of amides is 1. The molecule has 0 saturated carbocycles. The molecule has 0 radical (unpaired) electrons.